The van der Waals surface area contributed by atoms with Gasteiger partial charge in [-0.05, 0) is 18.1 Å². The molecule has 0 saturated heterocycles. The van der Waals surface area contributed by atoms with Gasteiger partial charge in [0, 0.05) is 26.6 Å². The Bertz CT molecular complexity index is 349. The van der Waals surface area contributed by atoms with Crippen LogP contribution in [0.3, 0.4) is 0 Å². The van der Waals surface area contributed by atoms with Crippen molar-refractivity contribution in [2.45, 2.75) is 25.3 Å². The van der Waals surface area contributed by atoms with Crippen molar-refractivity contribution in [2.24, 2.45) is 0 Å². The molecule has 0 saturated carbocycles. The van der Waals surface area contributed by atoms with Crippen molar-refractivity contribution in [3.8, 4) is 0 Å². The second-order valence-electron chi connectivity index (χ2n) is 3.93. The summed E-state index contributed by atoms with van der Waals surface area (Å²) in [6, 6.07) is 0. The van der Waals surface area contributed by atoms with Crippen molar-refractivity contribution in [3.05, 3.63) is 23.0 Å². The zero-order valence-corrected chi connectivity index (χ0v) is 9.85. The molecule has 7 heteroatoms. The van der Waals surface area contributed by atoms with Gasteiger partial charge in [-0.25, -0.2) is 4.39 Å². The lowest BCUT2D eigenvalue weighted by atomic mass is 9.96. The molecule has 18 heavy (non-hydrogen) atoms. The van der Waals surface area contributed by atoms with Gasteiger partial charge >= 0.3 is 6.18 Å². The monoisotopic (exact) mass is 269 g/mol. The Hall–Kier alpha value is -0.920. The van der Waals surface area contributed by atoms with Gasteiger partial charge in [-0.2, -0.15) is 13.2 Å². The second kappa shape index (κ2) is 6.31. The molecule has 0 fully saturated rings. The third kappa shape index (κ3) is 4.40. The van der Waals surface area contributed by atoms with Gasteiger partial charge in [-0.3, -0.25) is 0 Å². The van der Waals surface area contributed by atoms with Gasteiger partial charge in [-0.15, -0.1) is 0 Å². The highest BCUT2D eigenvalue weighted by molar-refractivity contribution is 5.35. The van der Waals surface area contributed by atoms with Crippen LogP contribution in [0.1, 0.15) is 12.8 Å². The summed E-state index contributed by atoms with van der Waals surface area (Å²) >= 11 is 0. The fourth-order valence-electron chi connectivity index (χ4n) is 1.63. The second-order valence-corrected chi connectivity index (χ2v) is 3.93. The van der Waals surface area contributed by atoms with Crippen LogP contribution >= 0.6 is 0 Å². The van der Waals surface area contributed by atoms with Crippen molar-refractivity contribution >= 4 is 0 Å². The molecular weight excluding hydrogens is 254 g/mol. The number of rotatable bonds is 5. The number of aliphatic hydroxyl groups is 1. The molecule has 1 unspecified atom stereocenters. The molecule has 1 atom stereocenters. The first kappa shape index (κ1) is 15.1. The summed E-state index contributed by atoms with van der Waals surface area (Å²) in [6.45, 7) is -0.0453. The Morgan fingerprint density at radius 1 is 1.44 bits per heavy atom. The van der Waals surface area contributed by atoms with E-state index in [0.717, 1.165) is 0 Å². The fourth-order valence-corrected chi connectivity index (χ4v) is 1.63. The van der Waals surface area contributed by atoms with Gasteiger partial charge in [-0.1, -0.05) is 0 Å². The van der Waals surface area contributed by atoms with E-state index in [1.165, 1.54) is 7.11 Å². The van der Waals surface area contributed by atoms with E-state index in [9.17, 15) is 17.6 Å². The average Bonchev–Trinajstić information content (AvgIpc) is 2.29. The van der Waals surface area contributed by atoms with Crippen LogP contribution in [-0.2, 0) is 4.74 Å². The van der Waals surface area contributed by atoms with E-state index >= 15 is 0 Å². The van der Waals surface area contributed by atoms with Gasteiger partial charge in [0.2, 0.25) is 0 Å². The summed E-state index contributed by atoms with van der Waals surface area (Å²) in [5, 5.41) is 11.7. The first-order chi connectivity index (χ1) is 8.34. The van der Waals surface area contributed by atoms with Gasteiger partial charge in [0.15, 0.2) is 6.29 Å². The van der Waals surface area contributed by atoms with Crippen LogP contribution in [-0.4, -0.2) is 37.8 Å². The van der Waals surface area contributed by atoms with Crippen LogP contribution < -0.4 is 5.32 Å². The number of alkyl halides is 3. The molecule has 0 aromatic carbocycles. The standard InChI is InChI=1S/C11H15F4NO2/c1-18-10(17)6-16-5-7-2-3-8(12)4-9(7)11(13,14)15/h4,10,16-17H,2-3,5-6H2,1H3. The van der Waals surface area contributed by atoms with Crippen LogP contribution in [0.5, 0.6) is 0 Å². The van der Waals surface area contributed by atoms with Crippen molar-refractivity contribution in [1.29, 1.82) is 0 Å². The summed E-state index contributed by atoms with van der Waals surface area (Å²) in [6.07, 6.45) is -5.10. The Balaban J connectivity index is 2.70. The summed E-state index contributed by atoms with van der Waals surface area (Å²) in [7, 11) is 1.28. The van der Waals surface area contributed by atoms with E-state index in [1.54, 1.807) is 0 Å². The van der Waals surface area contributed by atoms with Crippen LogP contribution in [0.25, 0.3) is 0 Å². The zero-order valence-electron chi connectivity index (χ0n) is 9.85. The summed E-state index contributed by atoms with van der Waals surface area (Å²) in [4.78, 5) is 0. The topological polar surface area (TPSA) is 41.5 Å². The first-order valence-corrected chi connectivity index (χ1v) is 5.41. The normalized spacial score (nSPS) is 18.9. The maximum absolute atomic E-state index is 12.9. The lowest BCUT2D eigenvalue weighted by Crippen LogP contribution is -2.31. The molecule has 0 bridgehead atoms. The molecule has 1 rings (SSSR count). The van der Waals surface area contributed by atoms with E-state index in [2.05, 4.69) is 10.1 Å². The number of halogens is 4. The SMILES string of the molecule is COC(O)CNCC1=C(C(F)(F)F)C=C(F)CC1. The summed E-state index contributed by atoms with van der Waals surface area (Å²) in [5.74, 6) is -0.761. The minimum absolute atomic E-state index is 0.0112. The average molecular weight is 269 g/mol. The number of ether oxygens (including phenoxy) is 1. The third-order valence-corrected chi connectivity index (χ3v) is 2.58. The number of methoxy groups -OCH3 is 1. The summed E-state index contributed by atoms with van der Waals surface area (Å²) < 4.78 is 55.4. The molecule has 2 N–H and O–H groups in total. The fraction of sp³-hybridized carbons (Fsp3) is 0.636. The van der Waals surface area contributed by atoms with Gasteiger partial charge < -0.3 is 15.2 Å². The van der Waals surface area contributed by atoms with E-state index in [-0.39, 0.29) is 31.5 Å². The van der Waals surface area contributed by atoms with E-state index < -0.39 is 23.9 Å². The lowest BCUT2D eigenvalue weighted by molar-refractivity contribution is -0.0897. The molecule has 1 aliphatic rings. The molecule has 0 amide bonds. The Morgan fingerprint density at radius 3 is 2.67 bits per heavy atom. The molecule has 104 valence electrons. The Morgan fingerprint density at radius 2 is 2.11 bits per heavy atom. The summed E-state index contributed by atoms with van der Waals surface area (Å²) in [5.41, 5.74) is -0.849. The van der Waals surface area contributed by atoms with Crippen LogP contribution in [0.2, 0.25) is 0 Å². The van der Waals surface area contributed by atoms with Crippen molar-refractivity contribution < 1.29 is 27.4 Å². The molecule has 0 aromatic heterocycles. The number of nitrogens with one attached hydrogen (secondary N) is 1. The minimum atomic E-state index is -4.56. The van der Waals surface area contributed by atoms with Crippen LogP contribution in [0, 0.1) is 0 Å². The molecule has 0 aliphatic heterocycles. The number of aliphatic hydroxyl groups excluding tert-OH is 1. The molecule has 3 nitrogen and oxygen atoms in total. The van der Waals surface area contributed by atoms with E-state index in [4.69, 9.17) is 5.11 Å². The molecule has 1 aliphatic carbocycles. The quantitative estimate of drug-likeness (QED) is 0.593. The Labute approximate surface area is 102 Å². The van der Waals surface area contributed by atoms with Gasteiger partial charge in [0.1, 0.15) is 5.83 Å². The molecule has 0 aromatic rings. The van der Waals surface area contributed by atoms with Crippen molar-refractivity contribution in [2.75, 3.05) is 20.2 Å². The van der Waals surface area contributed by atoms with Gasteiger partial charge in [0.25, 0.3) is 0 Å². The molecule has 0 heterocycles. The van der Waals surface area contributed by atoms with E-state index in [1.807, 2.05) is 0 Å². The van der Waals surface area contributed by atoms with Crippen LogP contribution in [0.15, 0.2) is 23.0 Å². The number of hydrogen-bond acceptors (Lipinski definition) is 3. The predicted octanol–water partition coefficient (Wildman–Crippen LogP) is 2.05. The molecule has 0 spiro atoms. The number of allylic oxidation sites excluding steroid dienone is 3. The van der Waals surface area contributed by atoms with Crippen molar-refractivity contribution in [1.82, 2.24) is 5.32 Å². The van der Waals surface area contributed by atoms with E-state index in [0.29, 0.717) is 6.08 Å². The van der Waals surface area contributed by atoms with Gasteiger partial charge in [0.05, 0.1) is 5.57 Å². The highest BCUT2D eigenvalue weighted by Gasteiger charge is 2.36. The molecule has 0 radical (unpaired) electrons. The minimum Gasteiger partial charge on any atom is -0.367 e. The highest BCUT2D eigenvalue weighted by atomic mass is 19.4. The predicted molar refractivity (Wildman–Crippen MR) is 57.4 cm³/mol. The highest BCUT2D eigenvalue weighted by Crippen LogP contribution is 2.35. The van der Waals surface area contributed by atoms with Crippen LogP contribution in [0.4, 0.5) is 17.6 Å². The third-order valence-electron chi connectivity index (χ3n) is 2.58. The number of hydrogen-bond donors (Lipinski definition) is 2. The molecular formula is C11H15F4NO2. The zero-order chi connectivity index (χ0) is 13.8. The maximum atomic E-state index is 12.9. The largest absolute Gasteiger partial charge is 0.416 e. The Kier molecular flexibility index (Phi) is 5.30. The first-order valence-electron chi connectivity index (χ1n) is 5.41. The lowest BCUT2D eigenvalue weighted by Gasteiger charge is -2.20. The maximum Gasteiger partial charge on any atom is 0.416 e. The smallest absolute Gasteiger partial charge is 0.367 e. The van der Waals surface area contributed by atoms with Crippen molar-refractivity contribution in [3.63, 3.8) is 0 Å².